The van der Waals surface area contributed by atoms with Crippen molar-refractivity contribution in [3.05, 3.63) is 63.6 Å². The maximum absolute atomic E-state index is 12.3. The van der Waals surface area contributed by atoms with Gasteiger partial charge in [-0.05, 0) is 35.9 Å². The number of hydrogen-bond acceptors (Lipinski definition) is 5. The third-order valence-corrected chi connectivity index (χ3v) is 6.56. The monoisotopic (exact) mass is 433 g/mol. The third-order valence-electron chi connectivity index (χ3n) is 3.41. The molecule has 1 N–H and O–H groups in total. The standard InChI is InChI=1S/C17H17Cl2NO4S2/c1-24-17(21)12-4-2-5-13(10-12)26(22,23)20-8-9-25-11-14-15(18)6-3-7-16(14)19/h2-7,10,20H,8-9,11H2,1H3. The van der Waals surface area contributed by atoms with E-state index in [0.717, 1.165) is 5.56 Å². The first-order chi connectivity index (χ1) is 12.3. The van der Waals surface area contributed by atoms with Crippen molar-refractivity contribution in [2.45, 2.75) is 10.6 Å². The minimum atomic E-state index is -3.71. The molecule has 0 aliphatic heterocycles. The Hall–Kier alpha value is -1.25. The third kappa shape index (κ3) is 5.62. The van der Waals surface area contributed by atoms with Crippen LogP contribution < -0.4 is 4.72 Å². The number of ether oxygens (including phenoxy) is 1. The molecule has 0 atom stereocenters. The van der Waals surface area contributed by atoms with Gasteiger partial charge in [-0.3, -0.25) is 0 Å². The van der Waals surface area contributed by atoms with Gasteiger partial charge in [-0.2, -0.15) is 11.8 Å². The molecule has 0 radical (unpaired) electrons. The number of rotatable bonds is 8. The summed E-state index contributed by atoms with van der Waals surface area (Å²) in [5, 5.41) is 1.18. The first-order valence-electron chi connectivity index (χ1n) is 7.54. The molecule has 0 heterocycles. The lowest BCUT2D eigenvalue weighted by atomic mass is 10.2. The predicted octanol–water partition coefficient (Wildman–Crippen LogP) is 3.99. The van der Waals surface area contributed by atoms with Crippen LogP contribution in [0.3, 0.4) is 0 Å². The fraction of sp³-hybridized carbons (Fsp3) is 0.235. The normalized spacial score (nSPS) is 11.3. The summed E-state index contributed by atoms with van der Waals surface area (Å²) in [5.41, 5.74) is 1.01. The van der Waals surface area contributed by atoms with Gasteiger partial charge in [-0.15, -0.1) is 0 Å². The lowest BCUT2D eigenvalue weighted by Gasteiger charge is -2.09. The fourth-order valence-corrected chi connectivity index (χ4v) is 4.89. The van der Waals surface area contributed by atoms with Crippen molar-refractivity contribution in [1.82, 2.24) is 4.72 Å². The Morgan fingerprint density at radius 3 is 2.46 bits per heavy atom. The number of sulfonamides is 1. The minimum absolute atomic E-state index is 0.0135. The van der Waals surface area contributed by atoms with Crippen molar-refractivity contribution in [3.8, 4) is 0 Å². The summed E-state index contributed by atoms with van der Waals surface area (Å²) in [6.45, 7) is 0.234. The molecule has 0 saturated carbocycles. The quantitative estimate of drug-likeness (QED) is 0.503. The van der Waals surface area contributed by atoms with Gasteiger partial charge in [0.2, 0.25) is 10.0 Å². The van der Waals surface area contributed by atoms with E-state index in [-0.39, 0.29) is 17.0 Å². The summed E-state index contributed by atoms with van der Waals surface area (Å²) in [7, 11) is -2.47. The number of thioether (sulfide) groups is 1. The van der Waals surface area contributed by atoms with Gasteiger partial charge in [0.15, 0.2) is 0 Å². The number of halogens is 2. The lowest BCUT2D eigenvalue weighted by Crippen LogP contribution is -2.26. The van der Waals surface area contributed by atoms with E-state index in [1.165, 1.54) is 43.1 Å². The second kappa shape index (κ2) is 9.62. The number of hydrogen-bond donors (Lipinski definition) is 1. The molecule has 0 aromatic heterocycles. The summed E-state index contributed by atoms with van der Waals surface area (Å²) >= 11 is 13.7. The Morgan fingerprint density at radius 1 is 1.15 bits per heavy atom. The first kappa shape index (κ1) is 21.1. The largest absolute Gasteiger partial charge is 0.465 e. The van der Waals surface area contributed by atoms with E-state index in [4.69, 9.17) is 23.2 Å². The average Bonchev–Trinajstić information content (AvgIpc) is 2.63. The first-order valence-corrected chi connectivity index (χ1v) is 10.9. The maximum Gasteiger partial charge on any atom is 0.337 e. The fourth-order valence-electron chi connectivity index (χ4n) is 2.08. The minimum Gasteiger partial charge on any atom is -0.465 e. The molecular formula is C17H17Cl2NO4S2. The van der Waals surface area contributed by atoms with E-state index in [0.29, 0.717) is 21.6 Å². The van der Waals surface area contributed by atoms with Crippen LogP contribution in [0.5, 0.6) is 0 Å². The van der Waals surface area contributed by atoms with Crippen molar-refractivity contribution in [1.29, 1.82) is 0 Å². The van der Waals surface area contributed by atoms with Crippen molar-refractivity contribution in [3.63, 3.8) is 0 Å². The predicted molar refractivity (Wildman–Crippen MR) is 106 cm³/mol. The summed E-state index contributed by atoms with van der Waals surface area (Å²) in [4.78, 5) is 11.5. The summed E-state index contributed by atoms with van der Waals surface area (Å²) in [6, 6.07) is 11.0. The van der Waals surface area contributed by atoms with Crippen LogP contribution in [0, 0.1) is 0 Å². The molecule has 0 saturated heterocycles. The second-order valence-corrected chi connectivity index (χ2v) is 8.86. The van der Waals surface area contributed by atoms with E-state index in [1.807, 2.05) is 0 Å². The molecule has 0 aliphatic rings. The number of carbonyl (C=O) groups excluding carboxylic acids is 1. The highest BCUT2D eigenvalue weighted by Crippen LogP contribution is 2.28. The van der Waals surface area contributed by atoms with Crippen LogP contribution in [-0.4, -0.2) is 33.8 Å². The zero-order valence-corrected chi connectivity index (χ0v) is 17.0. The van der Waals surface area contributed by atoms with Gasteiger partial charge in [0.05, 0.1) is 17.6 Å². The van der Waals surface area contributed by atoms with Crippen molar-refractivity contribution >= 4 is 51.0 Å². The van der Waals surface area contributed by atoms with Gasteiger partial charge in [0.1, 0.15) is 0 Å². The molecule has 2 aromatic rings. The number of benzene rings is 2. The van der Waals surface area contributed by atoms with Crippen LogP contribution in [-0.2, 0) is 20.5 Å². The van der Waals surface area contributed by atoms with E-state index in [1.54, 1.807) is 18.2 Å². The second-order valence-electron chi connectivity index (χ2n) is 5.17. The highest BCUT2D eigenvalue weighted by molar-refractivity contribution is 7.98. The number of carbonyl (C=O) groups is 1. The van der Waals surface area contributed by atoms with Gasteiger partial charge in [0.25, 0.3) is 0 Å². The van der Waals surface area contributed by atoms with Gasteiger partial charge in [-0.25, -0.2) is 17.9 Å². The van der Waals surface area contributed by atoms with Crippen molar-refractivity contribution in [2.75, 3.05) is 19.4 Å². The summed E-state index contributed by atoms with van der Waals surface area (Å²) in [6.07, 6.45) is 0. The lowest BCUT2D eigenvalue weighted by molar-refractivity contribution is 0.0600. The number of esters is 1. The van der Waals surface area contributed by atoms with E-state index in [9.17, 15) is 13.2 Å². The molecular weight excluding hydrogens is 417 g/mol. The van der Waals surface area contributed by atoms with Crippen molar-refractivity contribution < 1.29 is 17.9 Å². The highest BCUT2D eigenvalue weighted by atomic mass is 35.5. The smallest absolute Gasteiger partial charge is 0.337 e. The van der Waals surface area contributed by atoms with Crippen LogP contribution in [0.1, 0.15) is 15.9 Å². The van der Waals surface area contributed by atoms with E-state index < -0.39 is 16.0 Å². The SMILES string of the molecule is COC(=O)c1cccc(S(=O)(=O)NCCSCc2c(Cl)cccc2Cl)c1. The van der Waals surface area contributed by atoms with Crippen LogP contribution in [0.2, 0.25) is 10.0 Å². The molecule has 0 amide bonds. The molecule has 5 nitrogen and oxygen atoms in total. The van der Waals surface area contributed by atoms with Crippen LogP contribution in [0.25, 0.3) is 0 Å². The van der Waals surface area contributed by atoms with E-state index >= 15 is 0 Å². The molecule has 0 spiro atoms. The van der Waals surface area contributed by atoms with Gasteiger partial charge >= 0.3 is 5.97 Å². The Morgan fingerprint density at radius 2 is 1.81 bits per heavy atom. The Balaban J connectivity index is 1.90. The molecule has 2 aromatic carbocycles. The zero-order chi connectivity index (χ0) is 19.2. The van der Waals surface area contributed by atoms with Crippen LogP contribution in [0.15, 0.2) is 47.4 Å². The Bertz CT molecular complexity index is 868. The molecule has 2 rings (SSSR count). The maximum atomic E-state index is 12.3. The average molecular weight is 434 g/mol. The van der Waals surface area contributed by atoms with Crippen LogP contribution in [0.4, 0.5) is 0 Å². The summed E-state index contributed by atoms with van der Waals surface area (Å²) in [5.74, 6) is 0.532. The molecule has 0 bridgehead atoms. The topological polar surface area (TPSA) is 72.5 Å². The molecule has 140 valence electrons. The Kier molecular flexibility index (Phi) is 7.79. The van der Waals surface area contributed by atoms with E-state index in [2.05, 4.69) is 9.46 Å². The Labute approximate surface area is 167 Å². The number of methoxy groups -OCH3 is 1. The highest BCUT2D eigenvalue weighted by Gasteiger charge is 2.16. The molecule has 0 fully saturated rings. The zero-order valence-electron chi connectivity index (χ0n) is 13.9. The van der Waals surface area contributed by atoms with Crippen LogP contribution >= 0.6 is 35.0 Å². The molecule has 0 aliphatic carbocycles. The van der Waals surface area contributed by atoms with Gasteiger partial charge < -0.3 is 4.74 Å². The van der Waals surface area contributed by atoms with Gasteiger partial charge in [0, 0.05) is 28.1 Å². The molecule has 0 unspecified atom stereocenters. The van der Waals surface area contributed by atoms with Crippen molar-refractivity contribution in [2.24, 2.45) is 0 Å². The molecule has 9 heteroatoms. The number of nitrogens with one attached hydrogen (secondary N) is 1. The summed E-state index contributed by atoms with van der Waals surface area (Å²) < 4.78 is 31.8. The van der Waals surface area contributed by atoms with Gasteiger partial charge in [-0.1, -0.05) is 35.3 Å². The molecule has 26 heavy (non-hydrogen) atoms.